The van der Waals surface area contributed by atoms with Crippen LogP contribution < -0.4 is 10.6 Å². The van der Waals surface area contributed by atoms with Crippen LogP contribution in [0.3, 0.4) is 0 Å². The minimum atomic E-state index is -0.0308. The van der Waals surface area contributed by atoms with Crippen LogP contribution in [0.15, 0.2) is 18.2 Å². The van der Waals surface area contributed by atoms with Crippen molar-refractivity contribution in [3.05, 3.63) is 28.8 Å². The number of nitrogens with one attached hydrogen (secondary N) is 2. The van der Waals surface area contributed by atoms with Gasteiger partial charge in [-0.05, 0) is 50.6 Å². The fourth-order valence-corrected chi connectivity index (χ4v) is 2.54. The molecular weight excluding hydrogens is 274 g/mol. The Balaban J connectivity index is 1.68. The van der Waals surface area contributed by atoms with Crippen LogP contribution in [0.25, 0.3) is 0 Å². The number of aryl methyl sites for hydroxylation is 1. The number of amides is 1. The smallest absolute Gasteiger partial charge is 0.238 e. The van der Waals surface area contributed by atoms with Crippen molar-refractivity contribution in [3.63, 3.8) is 0 Å². The predicted octanol–water partition coefficient (Wildman–Crippen LogP) is 2.27. The van der Waals surface area contributed by atoms with Crippen molar-refractivity contribution in [2.24, 2.45) is 0 Å². The highest BCUT2D eigenvalue weighted by Gasteiger charge is 2.10. The van der Waals surface area contributed by atoms with Gasteiger partial charge in [0.1, 0.15) is 0 Å². The molecule has 2 N–H and O–H groups in total. The number of nitrogens with zero attached hydrogens (tertiary/aromatic N) is 1. The van der Waals surface area contributed by atoms with Gasteiger partial charge < -0.3 is 15.5 Å². The van der Waals surface area contributed by atoms with E-state index in [1.165, 1.54) is 25.9 Å². The first kappa shape index (κ1) is 15.3. The highest BCUT2D eigenvalue weighted by molar-refractivity contribution is 6.31. The van der Waals surface area contributed by atoms with Crippen LogP contribution in [-0.2, 0) is 4.79 Å². The fraction of sp³-hybridized carbons (Fsp3) is 0.533. The molecule has 0 bridgehead atoms. The largest absolute Gasteiger partial charge is 0.325 e. The zero-order valence-corrected chi connectivity index (χ0v) is 12.7. The number of rotatable bonds is 6. The van der Waals surface area contributed by atoms with Crippen molar-refractivity contribution in [1.82, 2.24) is 10.2 Å². The monoisotopic (exact) mass is 295 g/mol. The lowest BCUT2D eigenvalue weighted by Gasteiger charge is -2.14. The van der Waals surface area contributed by atoms with E-state index in [1.807, 2.05) is 19.1 Å². The lowest BCUT2D eigenvalue weighted by molar-refractivity contribution is -0.115. The van der Waals surface area contributed by atoms with Crippen molar-refractivity contribution >= 4 is 23.2 Å². The second kappa shape index (κ2) is 7.62. The Kier molecular flexibility index (Phi) is 5.83. The van der Waals surface area contributed by atoms with Gasteiger partial charge in [0.05, 0.1) is 6.54 Å². The lowest BCUT2D eigenvalue weighted by atomic mass is 10.2. The van der Waals surface area contributed by atoms with E-state index >= 15 is 0 Å². The number of hydrogen-bond donors (Lipinski definition) is 2. The second-order valence-corrected chi connectivity index (χ2v) is 5.67. The van der Waals surface area contributed by atoms with Gasteiger partial charge in [-0.1, -0.05) is 17.7 Å². The molecule has 1 saturated heterocycles. The first-order chi connectivity index (χ1) is 9.65. The Morgan fingerprint density at radius 3 is 2.85 bits per heavy atom. The first-order valence-corrected chi connectivity index (χ1v) is 7.52. The maximum Gasteiger partial charge on any atom is 0.238 e. The maximum atomic E-state index is 11.8. The molecule has 1 aliphatic heterocycles. The van der Waals surface area contributed by atoms with Gasteiger partial charge >= 0.3 is 0 Å². The quantitative estimate of drug-likeness (QED) is 0.792. The van der Waals surface area contributed by atoms with Gasteiger partial charge in [-0.3, -0.25) is 4.79 Å². The molecule has 0 aromatic heterocycles. The Bertz CT molecular complexity index is 458. The average Bonchev–Trinajstić information content (AvgIpc) is 2.92. The highest BCUT2D eigenvalue weighted by Crippen LogP contribution is 2.19. The number of anilines is 1. The third-order valence-electron chi connectivity index (χ3n) is 3.56. The summed E-state index contributed by atoms with van der Waals surface area (Å²) in [7, 11) is 0. The summed E-state index contributed by atoms with van der Waals surface area (Å²) in [5, 5.41) is 6.69. The van der Waals surface area contributed by atoms with Crippen LogP contribution >= 0.6 is 11.6 Å². The van der Waals surface area contributed by atoms with Crippen LogP contribution in [0, 0.1) is 6.92 Å². The summed E-state index contributed by atoms with van der Waals surface area (Å²) in [5.74, 6) is -0.0308. The van der Waals surface area contributed by atoms with Crippen molar-refractivity contribution in [2.45, 2.75) is 19.8 Å². The molecule has 1 heterocycles. The first-order valence-electron chi connectivity index (χ1n) is 7.14. The Morgan fingerprint density at radius 1 is 1.35 bits per heavy atom. The zero-order valence-electron chi connectivity index (χ0n) is 11.9. The van der Waals surface area contributed by atoms with Crippen LogP contribution in [0.4, 0.5) is 5.69 Å². The van der Waals surface area contributed by atoms with Crippen LogP contribution in [0.1, 0.15) is 18.4 Å². The molecule has 1 aromatic carbocycles. The van der Waals surface area contributed by atoms with Crippen LogP contribution in [0.2, 0.25) is 5.02 Å². The number of halogens is 1. The van der Waals surface area contributed by atoms with Gasteiger partial charge in [0.2, 0.25) is 5.91 Å². The van der Waals surface area contributed by atoms with Gasteiger partial charge in [0, 0.05) is 23.8 Å². The maximum absolute atomic E-state index is 11.8. The Morgan fingerprint density at radius 2 is 2.10 bits per heavy atom. The molecular formula is C15H22ClN3O. The molecule has 5 heteroatoms. The number of carbonyl (C=O) groups excluding carboxylic acids is 1. The lowest BCUT2D eigenvalue weighted by Crippen LogP contribution is -2.34. The molecule has 1 aromatic rings. The molecule has 20 heavy (non-hydrogen) atoms. The molecule has 1 amide bonds. The molecule has 1 fully saturated rings. The minimum absolute atomic E-state index is 0.0308. The highest BCUT2D eigenvalue weighted by atomic mass is 35.5. The van der Waals surface area contributed by atoms with E-state index in [9.17, 15) is 4.79 Å². The van der Waals surface area contributed by atoms with E-state index in [0.717, 1.165) is 24.3 Å². The summed E-state index contributed by atoms with van der Waals surface area (Å²) in [5.41, 5.74) is 1.80. The molecule has 0 aliphatic carbocycles. The zero-order chi connectivity index (χ0) is 14.4. The van der Waals surface area contributed by atoms with Crippen molar-refractivity contribution in [3.8, 4) is 0 Å². The summed E-state index contributed by atoms with van der Waals surface area (Å²) in [6.45, 7) is 6.53. The van der Waals surface area contributed by atoms with Gasteiger partial charge in [-0.25, -0.2) is 0 Å². The van der Waals surface area contributed by atoms with Gasteiger partial charge in [-0.2, -0.15) is 0 Å². The van der Waals surface area contributed by atoms with Gasteiger partial charge in [0.25, 0.3) is 0 Å². The van der Waals surface area contributed by atoms with Crippen LogP contribution in [0.5, 0.6) is 0 Å². The van der Waals surface area contributed by atoms with Gasteiger partial charge in [0.15, 0.2) is 0 Å². The van der Waals surface area contributed by atoms with E-state index < -0.39 is 0 Å². The number of likely N-dealkylation sites (tertiary alicyclic amines) is 1. The summed E-state index contributed by atoms with van der Waals surface area (Å²) >= 11 is 5.93. The second-order valence-electron chi connectivity index (χ2n) is 5.23. The molecule has 0 radical (unpaired) electrons. The molecule has 2 rings (SSSR count). The number of carbonyl (C=O) groups is 1. The summed E-state index contributed by atoms with van der Waals surface area (Å²) < 4.78 is 0. The molecule has 110 valence electrons. The molecule has 0 spiro atoms. The average molecular weight is 296 g/mol. The Labute approximate surface area is 125 Å². The van der Waals surface area contributed by atoms with E-state index in [0.29, 0.717) is 11.6 Å². The molecule has 0 saturated carbocycles. The van der Waals surface area contributed by atoms with Crippen molar-refractivity contribution < 1.29 is 4.79 Å². The standard InChI is InChI=1S/C15H22ClN3O/c1-12-4-5-13(16)10-14(12)18-15(20)11-17-6-9-19-7-2-3-8-19/h4-5,10,17H,2-3,6-9,11H2,1H3,(H,18,20). The number of hydrogen-bond acceptors (Lipinski definition) is 3. The fourth-order valence-electron chi connectivity index (χ4n) is 2.37. The topological polar surface area (TPSA) is 44.4 Å². The summed E-state index contributed by atoms with van der Waals surface area (Å²) in [4.78, 5) is 14.3. The molecule has 0 unspecified atom stereocenters. The number of benzene rings is 1. The Hall–Kier alpha value is -1.10. The SMILES string of the molecule is Cc1ccc(Cl)cc1NC(=O)CNCCN1CCCC1. The molecule has 0 atom stereocenters. The predicted molar refractivity (Wildman–Crippen MR) is 83.4 cm³/mol. The van der Waals surface area contributed by atoms with E-state index in [2.05, 4.69) is 15.5 Å². The van der Waals surface area contributed by atoms with E-state index in [1.54, 1.807) is 6.07 Å². The van der Waals surface area contributed by atoms with E-state index in [-0.39, 0.29) is 5.91 Å². The minimum Gasteiger partial charge on any atom is -0.325 e. The van der Waals surface area contributed by atoms with Crippen molar-refractivity contribution in [2.75, 3.05) is 38.0 Å². The summed E-state index contributed by atoms with van der Waals surface area (Å²) in [6.07, 6.45) is 2.60. The van der Waals surface area contributed by atoms with Crippen molar-refractivity contribution in [1.29, 1.82) is 0 Å². The third kappa shape index (κ3) is 4.78. The summed E-state index contributed by atoms with van der Waals surface area (Å²) in [6, 6.07) is 5.50. The van der Waals surface area contributed by atoms with Gasteiger partial charge in [-0.15, -0.1) is 0 Å². The third-order valence-corrected chi connectivity index (χ3v) is 3.80. The van der Waals surface area contributed by atoms with Crippen LogP contribution in [-0.4, -0.2) is 43.5 Å². The van der Waals surface area contributed by atoms with E-state index in [4.69, 9.17) is 11.6 Å². The normalized spacial score (nSPS) is 15.5. The molecule has 1 aliphatic rings. The molecule has 4 nitrogen and oxygen atoms in total.